The number of guanidine groups is 1. The molecule has 1 saturated heterocycles. The van der Waals surface area contributed by atoms with Crippen LogP contribution in [0.4, 0.5) is 0 Å². The molecule has 2 atom stereocenters. The molecule has 2 unspecified atom stereocenters. The molecular weight excluding hydrogens is 525 g/mol. The Labute approximate surface area is 207 Å². The van der Waals surface area contributed by atoms with E-state index in [1.807, 2.05) is 12.1 Å². The lowest BCUT2D eigenvalue weighted by molar-refractivity contribution is 0.122. The standard InChI is InChI=1S/C22H32ClN7.HI/c1-3-24-22(26-15-20-28-27-19-10-6-12-30(19)20)25-14-17-8-5-11-29(2)21(17)16-7-4-9-18(23)13-16;/h4,7,9,13,17,21H,3,5-6,8,10-12,14-15H2,1-2H3,(H2,24,25,26);1H. The number of aliphatic imine (C=N–C) groups is 1. The molecule has 2 aliphatic rings. The SMILES string of the molecule is CCNC(=NCc1nnc2n1CCC2)NCC1CCCN(C)C1c1cccc(Cl)c1.I. The third kappa shape index (κ3) is 5.90. The number of halogens is 2. The van der Waals surface area contributed by atoms with E-state index < -0.39 is 0 Å². The predicted molar refractivity (Wildman–Crippen MR) is 136 cm³/mol. The summed E-state index contributed by atoms with van der Waals surface area (Å²) < 4.78 is 2.21. The molecule has 1 aromatic heterocycles. The fourth-order valence-electron chi connectivity index (χ4n) is 4.74. The van der Waals surface area contributed by atoms with Crippen molar-refractivity contribution >= 4 is 41.5 Å². The molecule has 1 fully saturated rings. The maximum Gasteiger partial charge on any atom is 0.191 e. The largest absolute Gasteiger partial charge is 0.357 e. The number of aryl methyl sites for hydroxylation is 1. The van der Waals surface area contributed by atoms with Gasteiger partial charge in [-0.3, -0.25) is 4.90 Å². The zero-order valence-corrected chi connectivity index (χ0v) is 21.4. The van der Waals surface area contributed by atoms with Gasteiger partial charge in [-0.25, -0.2) is 4.99 Å². The summed E-state index contributed by atoms with van der Waals surface area (Å²) >= 11 is 6.28. The van der Waals surface area contributed by atoms with Crippen molar-refractivity contribution in [2.45, 2.75) is 51.7 Å². The minimum atomic E-state index is 0. The van der Waals surface area contributed by atoms with Gasteiger partial charge in [-0.1, -0.05) is 23.7 Å². The fraction of sp³-hybridized carbons (Fsp3) is 0.591. The van der Waals surface area contributed by atoms with Crippen LogP contribution in [-0.2, 0) is 19.5 Å². The highest BCUT2D eigenvalue weighted by Crippen LogP contribution is 2.35. The topological polar surface area (TPSA) is 70.4 Å². The van der Waals surface area contributed by atoms with Gasteiger partial charge in [0.15, 0.2) is 11.8 Å². The van der Waals surface area contributed by atoms with Crippen LogP contribution in [0.25, 0.3) is 0 Å². The number of aromatic nitrogens is 3. The smallest absolute Gasteiger partial charge is 0.191 e. The van der Waals surface area contributed by atoms with Crippen LogP contribution < -0.4 is 10.6 Å². The first-order chi connectivity index (χ1) is 14.7. The molecule has 0 amide bonds. The molecule has 0 saturated carbocycles. The summed E-state index contributed by atoms with van der Waals surface area (Å²) in [4.78, 5) is 7.23. The van der Waals surface area contributed by atoms with Crippen LogP contribution in [0.15, 0.2) is 29.3 Å². The highest BCUT2D eigenvalue weighted by atomic mass is 127. The summed E-state index contributed by atoms with van der Waals surface area (Å²) in [6, 6.07) is 8.64. The van der Waals surface area contributed by atoms with Crippen molar-refractivity contribution in [1.29, 1.82) is 0 Å². The van der Waals surface area contributed by atoms with Crippen LogP contribution in [0, 0.1) is 5.92 Å². The van der Waals surface area contributed by atoms with E-state index in [0.717, 1.165) is 61.7 Å². The van der Waals surface area contributed by atoms with Crippen molar-refractivity contribution in [2.24, 2.45) is 10.9 Å². The summed E-state index contributed by atoms with van der Waals surface area (Å²) in [5.41, 5.74) is 1.29. The first-order valence-electron chi connectivity index (χ1n) is 11.0. The Hall–Kier alpha value is -1.39. The number of hydrogen-bond acceptors (Lipinski definition) is 4. The zero-order valence-electron chi connectivity index (χ0n) is 18.4. The van der Waals surface area contributed by atoms with Gasteiger partial charge in [-0.05, 0) is 63.4 Å². The number of nitrogens with zero attached hydrogens (tertiary/aromatic N) is 5. The summed E-state index contributed by atoms with van der Waals surface area (Å²) in [6.07, 6.45) is 4.57. The van der Waals surface area contributed by atoms with Gasteiger partial charge in [0.25, 0.3) is 0 Å². The van der Waals surface area contributed by atoms with Crippen molar-refractivity contribution in [3.63, 3.8) is 0 Å². The molecule has 2 aromatic rings. The Morgan fingerprint density at radius 1 is 1.23 bits per heavy atom. The van der Waals surface area contributed by atoms with E-state index >= 15 is 0 Å². The Kier molecular flexibility index (Phi) is 8.97. The van der Waals surface area contributed by atoms with E-state index in [-0.39, 0.29) is 24.0 Å². The minimum Gasteiger partial charge on any atom is -0.357 e. The number of rotatable bonds is 6. The minimum absolute atomic E-state index is 0. The number of benzene rings is 1. The highest BCUT2D eigenvalue weighted by Gasteiger charge is 2.30. The molecular formula is C22H33ClIN7. The molecule has 1 aromatic carbocycles. The van der Waals surface area contributed by atoms with Gasteiger partial charge in [0.05, 0.1) is 0 Å². The van der Waals surface area contributed by atoms with Crippen LogP contribution in [0.2, 0.25) is 5.02 Å². The molecule has 0 spiro atoms. The van der Waals surface area contributed by atoms with E-state index in [1.54, 1.807) is 0 Å². The van der Waals surface area contributed by atoms with Crippen LogP contribution >= 0.6 is 35.6 Å². The van der Waals surface area contributed by atoms with Crippen LogP contribution in [0.3, 0.4) is 0 Å². The maximum atomic E-state index is 6.28. The maximum absolute atomic E-state index is 6.28. The summed E-state index contributed by atoms with van der Waals surface area (Å²) in [5.74, 6) is 3.37. The Bertz CT molecular complexity index is 884. The molecule has 3 heterocycles. The van der Waals surface area contributed by atoms with Gasteiger partial charge in [0.2, 0.25) is 0 Å². The summed E-state index contributed by atoms with van der Waals surface area (Å²) in [6.45, 7) is 6.45. The summed E-state index contributed by atoms with van der Waals surface area (Å²) in [5, 5.41) is 16.4. The van der Waals surface area contributed by atoms with Gasteiger partial charge in [0.1, 0.15) is 12.4 Å². The molecule has 7 nitrogen and oxygen atoms in total. The van der Waals surface area contributed by atoms with E-state index in [1.165, 1.54) is 18.4 Å². The molecule has 4 rings (SSSR count). The van der Waals surface area contributed by atoms with Gasteiger partial charge >= 0.3 is 0 Å². The van der Waals surface area contributed by atoms with Gasteiger partial charge in [-0.2, -0.15) is 0 Å². The number of hydrogen-bond donors (Lipinski definition) is 2. The second kappa shape index (κ2) is 11.5. The fourth-order valence-corrected chi connectivity index (χ4v) is 4.94. The third-order valence-corrected chi connectivity index (χ3v) is 6.37. The normalized spacial score (nSPS) is 21.5. The quantitative estimate of drug-likeness (QED) is 0.323. The first-order valence-corrected chi connectivity index (χ1v) is 11.4. The number of piperidine rings is 1. The molecule has 9 heteroatoms. The average molecular weight is 558 g/mol. The van der Waals surface area contributed by atoms with Gasteiger partial charge in [0, 0.05) is 37.1 Å². The van der Waals surface area contributed by atoms with Crippen molar-refractivity contribution in [3.05, 3.63) is 46.5 Å². The summed E-state index contributed by atoms with van der Waals surface area (Å²) in [7, 11) is 2.21. The molecule has 0 bridgehead atoms. The second-order valence-electron chi connectivity index (χ2n) is 8.25. The van der Waals surface area contributed by atoms with Crippen LogP contribution in [0.1, 0.15) is 49.4 Å². The first kappa shape index (κ1) is 24.3. The van der Waals surface area contributed by atoms with Crippen molar-refractivity contribution in [1.82, 2.24) is 30.3 Å². The van der Waals surface area contributed by atoms with Gasteiger partial charge < -0.3 is 15.2 Å². The van der Waals surface area contributed by atoms with Crippen molar-refractivity contribution in [3.8, 4) is 0 Å². The predicted octanol–water partition coefficient (Wildman–Crippen LogP) is 3.63. The Morgan fingerprint density at radius 2 is 2.10 bits per heavy atom. The van der Waals surface area contributed by atoms with E-state index in [4.69, 9.17) is 16.6 Å². The molecule has 2 N–H and O–H groups in total. The third-order valence-electron chi connectivity index (χ3n) is 6.14. The second-order valence-corrected chi connectivity index (χ2v) is 8.68. The zero-order chi connectivity index (χ0) is 20.9. The van der Waals surface area contributed by atoms with Gasteiger partial charge in [-0.15, -0.1) is 34.2 Å². The van der Waals surface area contributed by atoms with Crippen molar-refractivity contribution in [2.75, 3.05) is 26.7 Å². The van der Waals surface area contributed by atoms with E-state index in [9.17, 15) is 0 Å². The molecule has 170 valence electrons. The van der Waals surface area contributed by atoms with Crippen LogP contribution in [0.5, 0.6) is 0 Å². The van der Waals surface area contributed by atoms with E-state index in [2.05, 4.69) is 56.4 Å². The van der Waals surface area contributed by atoms with Crippen LogP contribution in [-0.4, -0.2) is 52.3 Å². The molecule has 0 radical (unpaired) electrons. The number of likely N-dealkylation sites (tertiary alicyclic amines) is 1. The van der Waals surface area contributed by atoms with Crippen molar-refractivity contribution < 1.29 is 0 Å². The monoisotopic (exact) mass is 557 g/mol. The molecule has 0 aliphatic carbocycles. The lowest BCUT2D eigenvalue weighted by Crippen LogP contribution is -2.45. The Balaban J connectivity index is 0.00000272. The number of fused-ring (bicyclic) bond motifs is 1. The highest BCUT2D eigenvalue weighted by molar-refractivity contribution is 14.0. The molecule has 31 heavy (non-hydrogen) atoms. The van der Waals surface area contributed by atoms with E-state index in [0.29, 0.717) is 18.5 Å². The molecule has 2 aliphatic heterocycles. The lowest BCUT2D eigenvalue weighted by Gasteiger charge is -2.40. The Morgan fingerprint density at radius 3 is 2.90 bits per heavy atom. The average Bonchev–Trinajstić information content (AvgIpc) is 3.34. The lowest BCUT2D eigenvalue weighted by atomic mass is 9.85. The number of nitrogens with one attached hydrogen (secondary N) is 2.